The second kappa shape index (κ2) is 14.0. The number of carboxylic acid groups (broad SMARTS) is 1. The van der Waals surface area contributed by atoms with Gasteiger partial charge in [-0.15, -0.1) is 0 Å². The number of halogens is 7. The van der Waals surface area contributed by atoms with Crippen molar-refractivity contribution in [2.75, 3.05) is 24.7 Å². The Morgan fingerprint density at radius 3 is 2.23 bits per heavy atom. The number of carbonyl (C=O) groups is 2. The van der Waals surface area contributed by atoms with Crippen LogP contribution >= 0.6 is 0 Å². The first-order valence-corrected chi connectivity index (χ1v) is 12.7. The number of carboxylic acids is 1. The Morgan fingerprint density at radius 2 is 1.59 bits per heavy atom. The molecule has 0 aliphatic heterocycles. The van der Waals surface area contributed by atoms with Crippen LogP contribution in [0.2, 0.25) is 0 Å². The first-order valence-electron chi connectivity index (χ1n) is 12.7. The summed E-state index contributed by atoms with van der Waals surface area (Å²) in [5.41, 5.74) is 10.7. The van der Waals surface area contributed by atoms with Crippen LogP contribution in [0.3, 0.4) is 0 Å². The largest absolute Gasteiger partial charge is 0.490 e. The summed E-state index contributed by atoms with van der Waals surface area (Å²) in [5, 5.41) is 9.31. The molecule has 0 spiro atoms. The summed E-state index contributed by atoms with van der Waals surface area (Å²) in [6.45, 7) is -0.825. The summed E-state index contributed by atoms with van der Waals surface area (Å²) >= 11 is 0. The van der Waals surface area contributed by atoms with E-state index in [2.05, 4.69) is 4.74 Å². The fourth-order valence-electron chi connectivity index (χ4n) is 3.83. The van der Waals surface area contributed by atoms with Crippen LogP contribution in [-0.4, -0.2) is 36.4 Å². The van der Waals surface area contributed by atoms with Gasteiger partial charge in [0.2, 0.25) is 5.82 Å². The number of hydrogen-bond acceptors (Lipinski definition) is 7. The molecule has 0 heterocycles. The molecule has 3 aromatic rings. The van der Waals surface area contributed by atoms with Crippen molar-refractivity contribution >= 4 is 29.4 Å². The normalized spacial score (nSPS) is 11.9. The van der Waals surface area contributed by atoms with Gasteiger partial charge in [0, 0.05) is 30.3 Å². The number of rotatable bonds is 13. The number of aromatic carboxylic acids is 1. The molecule has 5 N–H and O–H groups in total. The summed E-state index contributed by atoms with van der Waals surface area (Å²) < 4.78 is 109. The second-order valence-corrected chi connectivity index (χ2v) is 9.19. The maximum Gasteiger partial charge on any atom is 0.429 e. The van der Waals surface area contributed by atoms with Crippen LogP contribution in [0, 0.1) is 11.6 Å². The van der Waals surface area contributed by atoms with Crippen molar-refractivity contribution in [2.24, 2.45) is 0 Å². The van der Waals surface area contributed by atoms with E-state index in [4.69, 9.17) is 20.9 Å². The lowest BCUT2D eigenvalue weighted by molar-refractivity contribution is -0.187. The number of nitrogens with two attached hydrogens (primary N) is 2. The van der Waals surface area contributed by atoms with Gasteiger partial charge >= 0.3 is 24.2 Å². The Morgan fingerprint density at radius 1 is 0.909 bits per heavy atom. The molecule has 0 aromatic heterocycles. The van der Waals surface area contributed by atoms with E-state index in [1.807, 2.05) is 0 Å². The Balaban J connectivity index is 1.56. The first kappa shape index (κ1) is 33.6. The first-order chi connectivity index (χ1) is 20.6. The Bertz CT molecular complexity index is 1530. The van der Waals surface area contributed by atoms with E-state index in [1.165, 1.54) is 30.3 Å². The molecule has 0 fully saturated rings. The lowest BCUT2D eigenvalue weighted by atomic mass is 10.0. The number of hydrogen-bond donors (Lipinski definition) is 3. The van der Waals surface area contributed by atoms with Crippen molar-refractivity contribution in [3.05, 3.63) is 88.5 Å². The lowest BCUT2D eigenvalue weighted by Gasteiger charge is -2.20. The Kier molecular flexibility index (Phi) is 10.7. The topological polar surface area (TPSA) is 134 Å². The molecule has 0 saturated heterocycles. The average Bonchev–Trinajstić information content (AvgIpc) is 2.92. The molecule has 0 saturated carbocycles. The van der Waals surface area contributed by atoms with Crippen molar-refractivity contribution in [2.45, 2.75) is 31.5 Å². The van der Waals surface area contributed by atoms with Gasteiger partial charge in [-0.3, -0.25) is 0 Å². The minimum Gasteiger partial charge on any atom is -0.490 e. The van der Waals surface area contributed by atoms with Crippen LogP contribution in [0.15, 0.2) is 54.6 Å². The second-order valence-electron chi connectivity index (χ2n) is 9.19. The molecule has 0 atom stereocenters. The molecule has 3 aromatic carbocycles. The van der Waals surface area contributed by atoms with Crippen LogP contribution in [0.4, 0.5) is 42.1 Å². The highest BCUT2D eigenvalue weighted by molar-refractivity contribution is 5.92. The molecule has 3 rings (SSSR count). The number of esters is 1. The van der Waals surface area contributed by atoms with Gasteiger partial charge < -0.3 is 30.8 Å². The lowest BCUT2D eigenvalue weighted by Crippen LogP contribution is -2.24. The predicted octanol–water partition coefficient (Wildman–Crippen LogP) is 6.48. The molecule has 44 heavy (non-hydrogen) atoms. The van der Waals surface area contributed by atoms with Gasteiger partial charge in [0.1, 0.15) is 11.3 Å². The van der Waals surface area contributed by atoms with Crippen molar-refractivity contribution in [1.82, 2.24) is 0 Å². The molecule has 0 aliphatic carbocycles. The highest BCUT2D eigenvalue weighted by Gasteiger charge is 2.39. The van der Waals surface area contributed by atoms with Gasteiger partial charge in [0.25, 0.3) is 0 Å². The minimum atomic E-state index is -4.47. The third-order valence-electron chi connectivity index (χ3n) is 5.89. The summed E-state index contributed by atoms with van der Waals surface area (Å²) in [6, 6.07) is 8.45. The van der Waals surface area contributed by atoms with Crippen LogP contribution in [0.5, 0.6) is 11.5 Å². The molecule has 0 amide bonds. The van der Waals surface area contributed by atoms with Crippen molar-refractivity contribution in [3.8, 4) is 11.5 Å². The fraction of sp³-hybridized carbons (Fsp3) is 0.241. The van der Waals surface area contributed by atoms with E-state index in [9.17, 15) is 45.4 Å². The summed E-state index contributed by atoms with van der Waals surface area (Å²) in [4.78, 5) is 23.5. The van der Waals surface area contributed by atoms with E-state index >= 15 is 0 Å². The smallest absolute Gasteiger partial charge is 0.429 e. The zero-order valence-corrected chi connectivity index (χ0v) is 22.6. The standard InChI is InChI=1S/C29H25F7N2O6/c30-25-21(7-8-23(26(25)31)42-12-1-11-28(32,33)34)29(35,36)44-18-5-2-16(3-6-18)4-9-24(39)43-13-10-19-20(27(40)41)14-17(37)15-22(19)38/h2-9,14-15H,1,10-13,37-38H2,(H,40,41). The van der Waals surface area contributed by atoms with E-state index in [1.54, 1.807) is 0 Å². The van der Waals surface area contributed by atoms with Gasteiger partial charge in [0.15, 0.2) is 11.6 Å². The van der Waals surface area contributed by atoms with Gasteiger partial charge in [-0.1, -0.05) is 12.1 Å². The predicted molar refractivity (Wildman–Crippen MR) is 144 cm³/mol. The number of anilines is 2. The molecule has 0 radical (unpaired) electrons. The monoisotopic (exact) mass is 630 g/mol. The highest BCUT2D eigenvalue weighted by atomic mass is 19.4. The SMILES string of the molecule is Nc1cc(N)c(CCOC(=O)C=Cc2ccc(OC(F)(F)c3ccc(OCCCC(F)(F)F)c(F)c3F)cc2)c(C(=O)O)c1. The molecule has 15 heteroatoms. The fourth-order valence-corrected chi connectivity index (χ4v) is 3.83. The number of alkyl halides is 5. The third kappa shape index (κ3) is 9.28. The number of carbonyl (C=O) groups excluding carboxylic acids is 1. The number of nitrogen functional groups attached to an aromatic ring is 2. The van der Waals surface area contributed by atoms with Crippen LogP contribution in [0.25, 0.3) is 6.08 Å². The average molecular weight is 631 g/mol. The van der Waals surface area contributed by atoms with Gasteiger partial charge in [0.05, 0.1) is 18.8 Å². The molecule has 236 valence electrons. The summed E-state index contributed by atoms with van der Waals surface area (Å²) in [7, 11) is 0. The summed E-state index contributed by atoms with van der Waals surface area (Å²) in [5.74, 6) is -7.15. The van der Waals surface area contributed by atoms with Crippen molar-refractivity contribution in [1.29, 1.82) is 0 Å². The molecular formula is C29H25F7N2O6. The third-order valence-corrected chi connectivity index (χ3v) is 5.89. The van der Waals surface area contributed by atoms with E-state index in [0.29, 0.717) is 17.7 Å². The van der Waals surface area contributed by atoms with Crippen molar-refractivity contribution < 1.29 is 59.6 Å². The minimum absolute atomic E-state index is 0.00419. The molecular weight excluding hydrogens is 605 g/mol. The maximum absolute atomic E-state index is 14.6. The van der Waals surface area contributed by atoms with E-state index in [0.717, 1.165) is 18.2 Å². The number of benzene rings is 3. The molecule has 0 unspecified atom stereocenters. The molecule has 0 bridgehead atoms. The maximum atomic E-state index is 14.6. The zero-order valence-electron chi connectivity index (χ0n) is 22.6. The van der Waals surface area contributed by atoms with Crippen LogP contribution in [-0.2, 0) is 22.1 Å². The van der Waals surface area contributed by atoms with E-state index < -0.39 is 72.4 Å². The Labute approximate surface area is 245 Å². The van der Waals surface area contributed by atoms with Crippen LogP contribution < -0.4 is 20.9 Å². The summed E-state index contributed by atoms with van der Waals surface area (Å²) in [6.07, 6.45) is -8.29. The van der Waals surface area contributed by atoms with E-state index in [-0.39, 0.29) is 35.5 Å². The van der Waals surface area contributed by atoms with Gasteiger partial charge in [-0.2, -0.15) is 26.3 Å². The quantitative estimate of drug-likeness (QED) is 0.0643. The molecule has 0 aliphatic rings. The Hall–Kier alpha value is -4.95. The van der Waals surface area contributed by atoms with Crippen molar-refractivity contribution in [3.63, 3.8) is 0 Å². The zero-order chi connectivity index (χ0) is 32.7. The molecule has 8 nitrogen and oxygen atoms in total. The number of ether oxygens (including phenoxy) is 3. The van der Waals surface area contributed by atoms with Crippen LogP contribution in [0.1, 0.15) is 39.9 Å². The highest BCUT2D eigenvalue weighted by Crippen LogP contribution is 2.36. The van der Waals surface area contributed by atoms with Gasteiger partial charge in [-0.05, 0) is 60.0 Å². The van der Waals surface area contributed by atoms with Gasteiger partial charge in [-0.25, -0.2) is 14.0 Å².